The number of allylic oxidation sites excluding steroid dienone is 1. The zero-order valence-electron chi connectivity index (χ0n) is 20.5. The second-order valence-electron chi connectivity index (χ2n) is 9.77. The lowest BCUT2D eigenvalue weighted by atomic mass is 9.89. The summed E-state index contributed by atoms with van der Waals surface area (Å²) in [7, 11) is 0. The fourth-order valence-electron chi connectivity index (χ4n) is 4.94. The molecule has 0 radical (unpaired) electrons. The highest BCUT2D eigenvalue weighted by atomic mass is 16.5. The van der Waals surface area contributed by atoms with Crippen molar-refractivity contribution in [3.05, 3.63) is 71.3 Å². The van der Waals surface area contributed by atoms with Crippen molar-refractivity contribution in [1.29, 1.82) is 0 Å². The molecule has 2 aliphatic rings. The van der Waals surface area contributed by atoms with Crippen LogP contribution >= 0.6 is 0 Å². The van der Waals surface area contributed by atoms with Gasteiger partial charge in [0.25, 0.3) is 6.01 Å². The summed E-state index contributed by atoms with van der Waals surface area (Å²) >= 11 is 0. The molecule has 1 saturated carbocycles. The van der Waals surface area contributed by atoms with Gasteiger partial charge >= 0.3 is 6.01 Å². The van der Waals surface area contributed by atoms with E-state index in [1.54, 1.807) is 4.57 Å². The lowest BCUT2D eigenvalue weighted by Crippen LogP contribution is -2.43. The van der Waals surface area contributed by atoms with Gasteiger partial charge in [-0.25, -0.2) is 0 Å². The fraction of sp³-hybridized carbons (Fsp3) is 0.321. The van der Waals surface area contributed by atoms with Crippen LogP contribution in [0.3, 0.4) is 0 Å². The first-order valence-electron chi connectivity index (χ1n) is 12.7. The molecule has 9 heteroatoms. The van der Waals surface area contributed by atoms with Crippen LogP contribution in [-0.4, -0.2) is 48.5 Å². The molecule has 1 aliphatic carbocycles. The fourth-order valence-corrected chi connectivity index (χ4v) is 4.94. The zero-order valence-corrected chi connectivity index (χ0v) is 20.5. The molecule has 3 heterocycles. The van der Waals surface area contributed by atoms with Crippen molar-refractivity contribution in [1.82, 2.24) is 24.8 Å². The van der Waals surface area contributed by atoms with Gasteiger partial charge < -0.3 is 26.0 Å². The van der Waals surface area contributed by atoms with Crippen LogP contribution in [0.2, 0.25) is 0 Å². The molecule has 4 bridgehead atoms. The third-order valence-corrected chi connectivity index (χ3v) is 7.08. The topological polar surface area (TPSA) is 131 Å². The summed E-state index contributed by atoms with van der Waals surface area (Å²) in [5.41, 5.74) is 12.6. The molecule has 0 saturated heterocycles. The summed E-state index contributed by atoms with van der Waals surface area (Å²) in [6.45, 7) is 1.60. The van der Waals surface area contributed by atoms with E-state index >= 15 is 0 Å². The van der Waals surface area contributed by atoms with Gasteiger partial charge in [-0.05, 0) is 53.5 Å². The first-order valence-corrected chi connectivity index (χ1v) is 12.7. The van der Waals surface area contributed by atoms with E-state index in [0.717, 1.165) is 36.9 Å². The van der Waals surface area contributed by atoms with Gasteiger partial charge in [0.2, 0.25) is 0 Å². The Morgan fingerprint density at radius 1 is 1.05 bits per heavy atom. The minimum absolute atomic E-state index is 0.147. The normalized spacial score (nSPS) is 20.2. The summed E-state index contributed by atoms with van der Waals surface area (Å²) in [5.74, 6) is 0.177. The number of aromatic hydroxyl groups is 1. The SMILES string of the molecule is Nc1nc2nc3c1nc(O)n3Cc1ccc(-c3ccc(CNC4CC(O)C4)cc3)c(c1)C/C=C\CCO2. The molecule has 37 heavy (non-hydrogen) atoms. The second kappa shape index (κ2) is 9.84. The van der Waals surface area contributed by atoms with E-state index in [2.05, 4.69) is 74.9 Å². The summed E-state index contributed by atoms with van der Waals surface area (Å²) < 4.78 is 7.34. The maximum absolute atomic E-state index is 10.6. The van der Waals surface area contributed by atoms with Crippen molar-refractivity contribution in [3.63, 3.8) is 0 Å². The van der Waals surface area contributed by atoms with Crippen molar-refractivity contribution < 1.29 is 14.9 Å². The van der Waals surface area contributed by atoms with Crippen LogP contribution in [0.15, 0.2) is 54.6 Å². The number of nitrogen functional groups attached to an aromatic ring is 1. The van der Waals surface area contributed by atoms with Gasteiger partial charge in [0, 0.05) is 12.6 Å². The number of aliphatic hydroxyl groups is 1. The molecule has 0 unspecified atom stereocenters. The molecule has 0 atom stereocenters. The van der Waals surface area contributed by atoms with Gasteiger partial charge in [-0.2, -0.15) is 15.0 Å². The summed E-state index contributed by atoms with van der Waals surface area (Å²) in [6.07, 6.45) is 7.26. The van der Waals surface area contributed by atoms with Crippen molar-refractivity contribution in [3.8, 4) is 23.1 Å². The molecule has 0 spiro atoms. The number of nitrogens with two attached hydrogens (primary N) is 1. The Labute approximate surface area is 214 Å². The molecule has 2 aromatic carbocycles. The molecule has 190 valence electrons. The Morgan fingerprint density at radius 3 is 2.70 bits per heavy atom. The molecule has 4 aromatic rings. The van der Waals surface area contributed by atoms with E-state index in [9.17, 15) is 10.2 Å². The van der Waals surface area contributed by atoms with E-state index in [0.29, 0.717) is 36.8 Å². The minimum atomic E-state index is -0.161. The number of aliphatic hydroxyl groups excluding tert-OH is 1. The molecule has 5 N–H and O–H groups in total. The Hall–Kier alpha value is -3.95. The average Bonchev–Trinajstić information content (AvgIpc) is 3.19. The van der Waals surface area contributed by atoms with E-state index in [4.69, 9.17) is 10.5 Å². The Morgan fingerprint density at radius 2 is 1.89 bits per heavy atom. The zero-order chi connectivity index (χ0) is 25.4. The number of anilines is 1. The number of nitrogens with zero attached hydrogens (tertiary/aromatic N) is 4. The van der Waals surface area contributed by atoms with Crippen molar-refractivity contribution >= 4 is 17.0 Å². The predicted molar refractivity (Wildman–Crippen MR) is 141 cm³/mol. The maximum atomic E-state index is 10.6. The van der Waals surface area contributed by atoms with Crippen molar-refractivity contribution in [2.45, 2.75) is 50.9 Å². The van der Waals surface area contributed by atoms with Gasteiger partial charge in [0.05, 0.1) is 19.3 Å². The lowest BCUT2D eigenvalue weighted by molar-refractivity contribution is 0.0619. The van der Waals surface area contributed by atoms with Crippen LogP contribution in [0.4, 0.5) is 5.82 Å². The number of hydrogen-bond acceptors (Lipinski definition) is 8. The molecule has 1 aliphatic heterocycles. The molecular weight excluding hydrogens is 468 g/mol. The van der Waals surface area contributed by atoms with E-state index in [-0.39, 0.29) is 23.9 Å². The summed E-state index contributed by atoms with van der Waals surface area (Å²) in [4.78, 5) is 12.8. The summed E-state index contributed by atoms with van der Waals surface area (Å²) in [6, 6.07) is 15.5. The first-order chi connectivity index (χ1) is 18.0. The number of aromatic nitrogens is 4. The van der Waals surface area contributed by atoms with E-state index < -0.39 is 0 Å². The lowest BCUT2D eigenvalue weighted by Gasteiger charge is -2.32. The standard InChI is InChI=1S/C28H30N6O3/c29-25-24-26-33-27(32-25)37-11-3-1-2-4-20-12-18(16-34(26)28(36)31-24)7-10-23(20)19-8-5-17(6-9-19)15-30-21-13-22(35)14-21/h1-2,5-10,12,21-22,30,35H,3-4,11,13-16H2,(H,31,36)(H2,29,32,33)/b2-1-. The largest absolute Gasteiger partial charge is 0.480 e. The Bertz CT molecular complexity index is 1460. The number of benzene rings is 2. The smallest absolute Gasteiger partial charge is 0.320 e. The Balaban J connectivity index is 1.30. The Kier molecular flexibility index (Phi) is 6.23. The molecular formula is C28H30N6O3. The highest BCUT2D eigenvalue weighted by molar-refractivity contribution is 5.83. The predicted octanol–water partition coefficient (Wildman–Crippen LogP) is 3.32. The summed E-state index contributed by atoms with van der Waals surface area (Å²) in [5, 5.41) is 23.5. The highest BCUT2D eigenvalue weighted by Crippen LogP contribution is 2.30. The number of rotatable bonds is 4. The number of hydrogen-bond donors (Lipinski definition) is 4. The molecule has 1 fully saturated rings. The van der Waals surface area contributed by atoms with Crippen LogP contribution < -0.4 is 15.8 Å². The van der Waals surface area contributed by atoms with Crippen LogP contribution in [0, 0.1) is 0 Å². The molecule has 0 amide bonds. The monoisotopic (exact) mass is 498 g/mol. The number of ether oxygens (including phenoxy) is 1. The maximum Gasteiger partial charge on any atom is 0.320 e. The minimum Gasteiger partial charge on any atom is -0.480 e. The second-order valence-corrected chi connectivity index (χ2v) is 9.77. The number of imidazole rings is 1. The van der Waals surface area contributed by atoms with Crippen molar-refractivity contribution in [2.24, 2.45) is 0 Å². The van der Waals surface area contributed by atoms with E-state index in [1.807, 2.05) is 0 Å². The third kappa shape index (κ3) is 4.87. The molecule has 6 rings (SSSR count). The van der Waals surface area contributed by atoms with Crippen LogP contribution in [0.5, 0.6) is 12.0 Å². The van der Waals surface area contributed by atoms with Gasteiger partial charge in [-0.15, -0.1) is 0 Å². The number of nitrogens with one attached hydrogen (secondary N) is 1. The highest BCUT2D eigenvalue weighted by Gasteiger charge is 2.26. The third-order valence-electron chi connectivity index (χ3n) is 7.08. The van der Waals surface area contributed by atoms with Gasteiger partial charge in [-0.1, -0.05) is 54.6 Å². The van der Waals surface area contributed by atoms with Gasteiger partial charge in [0.15, 0.2) is 17.0 Å². The molecule has 2 aromatic heterocycles. The van der Waals surface area contributed by atoms with Crippen LogP contribution in [0.1, 0.15) is 36.0 Å². The number of fused-ring (bicyclic) bond motifs is 3. The van der Waals surface area contributed by atoms with Gasteiger partial charge in [-0.3, -0.25) is 4.57 Å². The first kappa shape index (κ1) is 23.4. The van der Waals surface area contributed by atoms with Gasteiger partial charge in [0.1, 0.15) is 0 Å². The molecule has 9 nitrogen and oxygen atoms in total. The van der Waals surface area contributed by atoms with E-state index in [1.165, 1.54) is 16.7 Å². The van der Waals surface area contributed by atoms with Crippen LogP contribution in [-0.2, 0) is 19.5 Å². The quantitative estimate of drug-likeness (QED) is 0.315. The van der Waals surface area contributed by atoms with Crippen molar-refractivity contribution in [2.75, 3.05) is 12.3 Å². The average molecular weight is 499 g/mol. The van der Waals surface area contributed by atoms with Crippen LogP contribution in [0.25, 0.3) is 22.3 Å².